The number of hydrogen-bond acceptors (Lipinski definition) is 2. The van der Waals surface area contributed by atoms with E-state index in [9.17, 15) is 5.11 Å². The van der Waals surface area contributed by atoms with Crippen LogP contribution in [0.3, 0.4) is 0 Å². The SMILES string of the molecule is N[C@H](CC1CC1)c1cc(Cl)cc(Cl)c1O. The van der Waals surface area contributed by atoms with Crippen molar-refractivity contribution in [2.75, 3.05) is 0 Å². The number of rotatable bonds is 3. The van der Waals surface area contributed by atoms with E-state index in [1.165, 1.54) is 18.9 Å². The van der Waals surface area contributed by atoms with Gasteiger partial charge >= 0.3 is 0 Å². The molecule has 1 fully saturated rings. The molecule has 3 N–H and O–H groups in total. The van der Waals surface area contributed by atoms with E-state index in [-0.39, 0.29) is 16.8 Å². The summed E-state index contributed by atoms with van der Waals surface area (Å²) in [6.45, 7) is 0. The number of aromatic hydroxyl groups is 1. The van der Waals surface area contributed by atoms with Crippen molar-refractivity contribution in [3.8, 4) is 5.75 Å². The first kappa shape index (κ1) is 11.1. The molecule has 0 aliphatic heterocycles. The molecule has 15 heavy (non-hydrogen) atoms. The molecule has 0 unspecified atom stereocenters. The second kappa shape index (κ2) is 4.20. The minimum absolute atomic E-state index is 0.0641. The average molecular weight is 246 g/mol. The maximum Gasteiger partial charge on any atom is 0.139 e. The summed E-state index contributed by atoms with van der Waals surface area (Å²) in [5.74, 6) is 0.770. The third-order valence-electron chi connectivity index (χ3n) is 2.74. The molecule has 0 radical (unpaired) electrons. The van der Waals surface area contributed by atoms with Gasteiger partial charge in [-0.25, -0.2) is 0 Å². The van der Waals surface area contributed by atoms with Crippen LogP contribution >= 0.6 is 23.2 Å². The van der Waals surface area contributed by atoms with E-state index >= 15 is 0 Å². The number of nitrogens with two attached hydrogens (primary N) is 1. The van der Waals surface area contributed by atoms with Crippen LogP contribution in [0.1, 0.15) is 30.9 Å². The van der Waals surface area contributed by atoms with E-state index in [1.807, 2.05) is 0 Å². The zero-order chi connectivity index (χ0) is 11.0. The number of phenolic OH excluding ortho intramolecular Hbond substituents is 1. The topological polar surface area (TPSA) is 46.2 Å². The summed E-state index contributed by atoms with van der Waals surface area (Å²) in [6.07, 6.45) is 3.37. The monoisotopic (exact) mass is 245 g/mol. The van der Waals surface area contributed by atoms with Gasteiger partial charge in [-0.2, -0.15) is 0 Å². The highest BCUT2D eigenvalue weighted by molar-refractivity contribution is 6.35. The van der Waals surface area contributed by atoms with Gasteiger partial charge in [0.1, 0.15) is 5.75 Å². The Kier molecular flexibility index (Phi) is 3.10. The Morgan fingerprint density at radius 1 is 1.40 bits per heavy atom. The maximum atomic E-state index is 9.76. The molecule has 1 aromatic carbocycles. The molecule has 0 spiro atoms. The van der Waals surface area contributed by atoms with E-state index in [4.69, 9.17) is 28.9 Å². The summed E-state index contributed by atoms with van der Waals surface area (Å²) in [7, 11) is 0. The van der Waals surface area contributed by atoms with Gasteiger partial charge in [-0.1, -0.05) is 36.0 Å². The van der Waals surface area contributed by atoms with Crippen LogP contribution in [0.15, 0.2) is 12.1 Å². The molecule has 0 heterocycles. The highest BCUT2D eigenvalue weighted by atomic mass is 35.5. The minimum Gasteiger partial charge on any atom is -0.506 e. The summed E-state index contributed by atoms with van der Waals surface area (Å²) in [6, 6.07) is 3.04. The molecule has 2 rings (SSSR count). The van der Waals surface area contributed by atoms with Crippen molar-refractivity contribution in [2.24, 2.45) is 11.7 Å². The van der Waals surface area contributed by atoms with Crippen molar-refractivity contribution in [1.82, 2.24) is 0 Å². The lowest BCUT2D eigenvalue weighted by Gasteiger charge is -2.14. The smallest absolute Gasteiger partial charge is 0.139 e. The van der Waals surface area contributed by atoms with Crippen LogP contribution in [0.4, 0.5) is 0 Å². The summed E-state index contributed by atoms with van der Waals surface area (Å²) in [5, 5.41) is 10.5. The molecular weight excluding hydrogens is 233 g/mol. The van der Waals surface area contributed by atoms with Crippen LogP contribution < -0.4 is 5.73 Å². The average Bonchev–Trinajstić information content (AvgIpc) is 2.94. The molecule has 1 aromatic rings. The molecule has 1 aliphatic rings. The van der Waals surface area contributed by atoms with Crippen LogP contribution in [0.25, 0.3) is 0 Å². The van der Waals surface area contributed by atoms with E-state index in [0.717, 1.165) is 6.42 Å². The van der Waals surface area contributed by atoms with Crippen molar-refractivity contribution in [2.45, 2.75) is 25.3 Å². The maximum absolute atomic E-state index is 9.76. The molecule has 4 heteroatoms. The summed E-state index contributed by atoms with van der Waals surface area (Å²) < 4.78 is 0. The van der Waals surface area contributed by atoms with Crippen molar-refractivity contribution in [3.63, 3.8) is 0 Å². The predicted molar refractivity (Wildman–Crippen MR) is 62.4 cm³/mol. The van der Waals surface area contributed by atoms with Crippen LogP contribution in [0.5, 0.6) is 5.75 Å². The van der Waals surface area contributed by atoms with Gasteiger partial charge in [-0.15, -0.1) is 0 Å². The van der Waals surface area contributed by atoms with E-state index in [2.05, 4.69) is 0 Å². The van der Waals surface area contributed by atoms with Gasteiger partial charge in [0.05, 0.1) is 5.02 Å². The molecule has 0 amide bonds. The summed E-state index contributed by atoms with van der Waals surface area (Å²) >= 11 is 11.7. The molecule has 0 aromatic heterocycles. The standard InChI is InChI=1S/C11H13Cl2NO/c12-7-4-8(11(15)9(13)5-7)10(14)3-6-1-2-6/h4-6,10,15H,1-3,14H2/t10-/m1/s1. The molecule has 0 bridgehead atoms. The van der Waals surface area contributed by atoms with Crippen LogP contribution in [-0.2, 0) is 0 Å². The first-order valence-electron chi connectivity index (χ1n) is 5.01. The molecule has 2 nitrogen and oxygen atoms in total. The Morgan fingerprint density at radius 3 is 2.67 bits per heavy atom. The number of halogens is 2. The highest BCUT2D eigenvalue weighted by Gasteiger charge is 2.26. The van der Waals surface area contributed by atoms with Gasteiger partial charge in [-0.05, 0) is 24.5 Å². The fourth-order valence-corrected chi connectivity index (χ4v) is 2.22. The van der Waals surface area contributed by atoms with Crippen LogP contribution in [0, 0.1) is 5.92 Å². The Labute approximate surface area is 99.0 Å². The van der Waals surface area contributed by atoms with Gasteiger partial charge in [0.2, 0.25) is 0 Å². The Balaban J connectivity index is 2.24. The molecule has 1 atom stereocenters. The summed E-state index contributed by atoms with van der Waals surface area (Å²) in [4.78, 5) is 0. The zero-order valence-corrected chi connectivity index (χ0v) is 9.72. The quantitative estimate of drug-likeness (QED) is 0.857. The lowest BCUT2D eigenvalue weighted by Crippen LogP contribution is -2.11. The second-order valence-electron chi connectivity index (χ2n) is 4.11. The second-order valence-corrected chi connectivity index (χ2v) is 4.95. The number of hydrogen-bond donors (Lipinski definition) is 2. The van der Waals surface area contributed by atoms with Gasteiger partial charge in [0.15, 0.2) is 0 Å². The van der Waals surface area contributed by atoms with E-state index in [0.29, 0.717) is 16.5 Å². The molecule has 82 valence electrons. The van der Waals surface area contributed by atoms with Crippen LogP contribution in [0.2, 0.25) is 10.0 Å². The van der Waals surface area contributed by atoms with Gasteiger partial charge in [0, 0.05) is 16.6 Å². The molecular formula is C11H13Cl2NO. The van der Waals surface area contributed by atoms with Gasteiger partial charge < -0.3 is 10.8 Å². The number of phenols is 1. The normalized spacial score (nSPS) is 17.8. The van der Waals surface area contributed by atoms with Crippen LogP contribution in [-0.4, -0.2) is 5.11 Å². The lowest BCUT2D eigenvalue weighted by atomic mass is 10.0. The Morgan fingerprint density at radius 2 is 2.07 bits per heavy atom. The Hall–Kier alpha value is -0.440. The number of benzene rings is 1. The highest BCUT2D eigenvalue weighted by Crippen LogP contribution is 2.41. The fourth-order valence-electron chi connectivity index (χ4n) is 1.71. The zero-order valence-electron chi connectivity index (χ0n) is 8.21. The molecule has 0 saturated heterocycles. The minimum atomic E-state index is -0.173. The van der Waals surface area contributed by atoms with Gasteiger partial charge in [-0.3, -0.25) is 0 Å². The van der Waals surface area contributed by atoms with Crippen molar-refractivity contribution < 1.29 is 5.11 Å². The van der Waals surface area contributed by atoms with E-state index < -0.39 is 0 Å². The summed E-state index contributed by atoms with van der Waals surface area (Å²) in [5.41, 5.74) is 6.65. The Bertz CT molecular complexity index is 377. The van der Waals surface area contributed by atoms with Crippen molar-refractivity contribution in [1.29, 1.82) is 0 Å². The first-order valence-corrected chi connectivity index (χ1v) is 5.77. The van der Waals surface area contributed by atoms with Gasteiger partial charge in [0.25, 0.3) is 0 Å². The lowest BCUT2D eigenvalue weighted by molar-refractivity contribution is 0.456. The predicted octanol–water partition coefficient (Wildman–Crippen LogP) is 3.50. The molecule has 1 aliphatic carbocycles. The van der Waals surface area contributed by atoms with Crippen molar-refractivity contribution >= 4 is 23.2 Å². The third-order valence-corrected chi connectivity index (χ3v) is 3.25. The molecule has 1 saturated carbocycles. The third kappa shape index (κ3) is 2.57. The largest absolute Gasteiger partial charge is 0.506 e. The first-order chi connectivity index (χ1) is 7.08. The van der Waals surface area contributed by atoms with E-state index in [1.54, 1.807) is 6.07 Å². The fraction of sp³-hybridized carbons (Fsp3) is 0.455. The van der Waals surface area contributed by atoms with Crippen molar-refractivity contribution in [3.05, 3.63) is 27.7 Å².